The van der Waals surface area contributed by atoms with Gasteiger partial charge in [-0.2, -0.15) is 0 Å². The van der Waals surface area contributed by atoms with Crippen LogP contribution in [0.25, 0.3) is 0 Å². The van der Waals surface area contributed by atoms with E-state index in [1.54, 1.807) is 0 Å². The van der Waals surface area contributed by atoms with Gasteiger partial charge in [0.25, 0.3) is 0 Å². The van der Waals surface area contributed by atoms with Crippen molar-refractivity contribution >= 4 is 23.5 Å². The fourth-order valence-electron chi connectivity index (χ4n) is 3.15. The first kappa shape index (κ1) is 29.0. The third-order valence-corrected chi connectivity index (χ3v) is 7.81. The molecule has 0 heterocycles. The highest BCUT2D eigenvalue weighted by Gasteiger charge is 2.32. The van der Waals surface area contributed by atoms with E-state index in [-0.39, 0.29) is 26.2 Å². The quantitative estimate of drug-likeness (QED) is 0.268. The van der Waals surface area contributed by atoms with Crippen molar-refractivity contribution in [3.05, 3.63) is 57.9 Å². The molecule has 0 amide bonds. The van der Waals surface area contributed by atoms with E-state index >= 15 is 0 Å². The maximum atomic E-state index is 3.44. The van der Waals surface area contributed by atoms with Crippen LogP contribution in [0.2, 0.25) is 0 Å². The lowest BCUT2D eigenvalue weighted by molar-refractivity contribution is 0.353. The zero-order chi connectivity index (χ0) is 24.8. The van der Waals surface area contributed by atoms with E-state index < -0.39 is 0 Å². The van der Waals surface area contributed by atoms with Gasteiger partial charge in [-0.1, -0.05) is 118 Å². The highest BCUT2D eigenvalue weighted by atomic mass is 32.2. The largest absolute Gasteiger partial charge is 0.120 e. The van der Waals surface area contributed by atoms with Crippen molar-refractivity contribution in [2.75, 3.05) is 0 Å². The van der Waals surface area contributed by atoms with Crippen molar-refractivity contribution in [1.82, 2.24) is 0 Å². The zero-order valence-electron chi connectivity index (χ0n) is 22.6. The second kappa shape index (κ2) is 11.4. The first-order valence-corrected chi connectivity index (χ1v) is 13.5. The van der Waals surface area contributed by atoms with Crippen LogP contribution in [0.15, 0.2) is 57.9 Å². The molecule has 0 fully saturated rings. The van der Waals surface area contributed by atoms with Gasteiger partial charge in [0.15, 0.2) is 0 Å². The van der Waals surface area contributed by atoms with Crippen molar-refractivity contribution in [1.29, 1.82) is 0 Å². The van der Waals surface area contributed by atoms with Crippen LogP contribution in [0.1, 0.15) is 89.5 Å². The molecule has 0 aromatic rings. The summed E-state index contributed by atoms with van der Waals surface area (Å²) in [6, 6.07) is 0. The second-order valence-electron chi connectivity index (χ2n) is 11.9. The van der Waals surface area contributed by atoms with Crippen LogP contribution in [0.5, 0.6) is 0 Å². The maximum Gasteiger partial charge on any atom is 0.0438 e. The van der Waals surface area contributed by atoms with E-state index in [9.17, 15) is 0 Å². The minimum absolute atomic E-state index is 0.0612. The van der Waals surface area contributed by atoms with Crippen LogP contribution >= 0.6 is 23.5 Å². The van der Waals surface area contributed by atoms with Crippen molar-refractivity contribution in [2.45, 2.75) is 99.0 Å². The Kier molecular flexibility index (Phi) is 10.3. The molecule has 2 atom stereocenters. The van der Waals surface area contributed by atoms with Gasteiger partial charge in [0.2, 0.25) is 0 Å². The zero-order valence-corrected chi connectivity index (χ0v) is 24.3. The molecular weight excluding hydrogens is 424 g/mol. The molecule has 0 nitrogen and oxygen atoms in total. The molecule has 0 aromatic carbocycles. The molecule has 0 aliphatic heterocycles. The summed E-state index contributed by atoms with van der Waals surface area (Å²) in [6.45, 7) is 27.3. The molecule has 2 heteroatoms. The third kappa shape index (κ3) is 9.84. The molecule has 32 heavy (non-hydrogen) atoms. The topological polar surface area (TPSA) is 0 Å². The Morgan fingerprint density at radius 3 is 2.09 bits per heavy atom. The molecule has 178 valence electrons. The average molecular weight is 471 g/mol. The number of rotatable bonds is 7. The number of allylic oxidation sites excluding steroid dienone is 7. The summed E-state index contributed by atoms with van der Waals surface area (Å²) in [7, 11) is 0. The first-order chi connectivity index (χ1) is 14.5. The van der Waals surface area contributed by atoms with Gasteiger partial charge >= 0.3 is 0 Å². The van der Waals surface area contributed by atoms with E-state index in [0.29, 0.717) is 0 Å². The minimum Gasteiger partial charge on any atom is -0.120 e. The van der Waals surface area contributed by atoms with E-state index in [4.69, 9.17) is 0 Å². The molecule has 1 aliphatic carbocycles. The second-order valence-corrected chi connectivity index (χ2v) is 15.4. The van der Waals surface area contributed by atoms with Crippen LogP contribution in [0.4, 0.5) is 0 Å². The average Bonchev–Trinajstić information content (AvgIpc) is 2.85. The molecule has 0 saturated carbocycles. The summed E-state index contributed by atoms with van der Waals surface area (Å²) in [4.78, 5) is 2.60. The van der Waals surface area contributed by atoms with Crippen LogP contribution in [0.3, 0.4) is 0 Å². The Bertz CT molecular complexity index is 846. The first-order valence-electron chi connectivity index (χ1n) is 11.8. The molecule has 1 rings (SSSR count). The Balaban J connectivity index is 3.54. The van der Waals surface area contributed by atoms with E-state index in [1.807, 2.05) is 23.5 Å². The maximum absolute atomic E-state index is 3.44. The smallest absolute Gasteiger partial charge is 0.0438 e. The van der Waals surface area contributed by atoms with Crippen molar-refractivity contribution in [3.8, 4) is 11.8 Å². The summed E-state index contributed by atoms with van der Waals surface area (Å²) < 4.78 is 0.0795. The van der Waals surface area contributed by atoms with Crippen LogP contribution in [0, 0.1) is 28.6 Å². The number of hydrogen-bond acceptors (Lipinski definition) is 2. The van der Waals surface area contributed by atoms with Gasteiger partial charge in [0, 0.05) is 31.3 Å². The predicted molar refractivity (Wildman–Crippen MR) is 152 cm³/mol. The minimum atomic E-state index is -0.0612. The SMILES string of the molecule is C\C=C/C(SC(C)(C)C)=C(\C=C\C(C)(C)C)C(C)(CC)SC1=CC#CC(C(C)(C)C)C=C1. The van der Waals surface area contributed by atoms with Crippen LogP contribution < -0.4 is 0 Å². The van der Waals surface area contributed by atoms with Crippen LogP contribution in [-0.2, 0) is 0 Å². The van der Waals surface area contributed by atoms with Gasteiger partial charge < -0.3 is 0 Å². The van der Waals surface area contributed by atoms with Gasteiger partial charge in [-0.3, -0.25) is 0 Å². The van der Waals surface area contributed by atoms with Crippen molar-refractivity contribution in [2.24, 2.45) is 16.7 Å². The van der Waals surface area contributed by atoms with E-state index in [0.717, 1.165) is 6.42 Å². The molecule has 0 bridgehead atoms. The normalized spacial score (nSPS) is 20.5. The summed E-state index contributed by atoms with van der Waals surface area (Å²) in [5, 5.41) is 0. The van der Waals surface area contributed by atoms with Crippen molar-refractivity contribution in [3.63, 3.8) is 0 Å². The Morgan fingerprint density at radius 2 is 1.62 bits per heavy atom. The number of hydrogen-bond donors (Lipinski definition) is 0. The Labute approximate surface area is 208 Å². The lowest BCUT2D eigenvalue weighted by Crippen LogP contribution is -2.23. The lowest BCUT2D eigenvalue weighted by atomic mass is 9.81. The third-order valence-electron chi connectivity index (χ3n) is 5.18. The summed E-state index contributed by atoms with van der Waals surface area (Å²) >= 11 is 3.91. The fourth-order valence-corrected chi connectivity index (χ4v) is 5.70. The van der Waals surface area contributed by atoms with Gasteiger partial charge in [0.05, 0.1) is 0 Å². The standard InChI is InChI=1S/C30H46S2/c1-13-16-26(32-29(9,10)11)25(21-22-27(3,4)5)30(12,14-2)31-24-18-15-17-23(19-20-24)28(6,7)8/h13,16,18-23H,14H2,1-12H3/b16-13-,22-21+,26-25-. The summed E-state index contributed by atoms with van der Waals surface area (Å²) in [6.07, 6.45) is 16.9. The molecule has 2 unspecified atom stereocenters. The highest BCUT2D eigenvalue weighted by molar-refractivity contribution is 8.05. The highest BCUT2D eigenvalue weighted by Crippen LogP contribution is 2.47. The van der Waals surface area contributed by atoms with Crippen molar-refractivity contribution < 1.29 is 0 Å². The summed E-state index contributed by atoms with van der Waals surface area (Å²) in [5.74, 6) is 7.05. The molecule has 0 radical (unpaired) electrons. The molecule has 0 saturated heterocycles. The van der Waals surface area contributed by atoms with Gasteiger partial charge in [-0.15, -0.1) is 23.5 Å². The van der Waals surface area contributed by atoms with Crippen LogP contribution in [-0.4, -0.2) is 9.49 Å². The van der Waals surface area contributed by atoms with E-state index in [2.05, 4.69) is 137 Å². The molecule has 0 spiro atoms. The molecular formula is C30H46S2. The molecule has 0 N–H and O–H groups in total. The number of thioether (sulfide) groups is 2. The Hall–Kier alpha value is -1.04. The fraction of sp³-hybridized carbons (Fsp3) is 0.600. The Morgan fingerprint density at radius 1 is 1.00 bits per heavy atom. The van der Waals surface area contributed by atoms with Gasteiger partial charge in [0.1, 0.15) is 0 Å². The summed E-state index contributed by atoms with van der Waals surface area (Å²) in [5.41, 5.74) is 1.68. The van der Waals surface area contributed by atoms with E-state index in [1.165, 1.54) is 15.4 Å². The molecule has 0 aromatic heterocycles. The van der Waals surface area contributed by atoms with Gasteiger partial charge in [-0.05, 0) is 36.7 Å². The molecule has 1 aliphatic rings. The lowest BCUT2D eigenvalue weighted by Gasteiger charge is -2.33. The predicted octanol–water partition coefficient (Wildman–Crippen LogP) is 9.97. The van der Waals surface area contributed by atoms with Gasteiger partial charge in [-0.25, -0.2) is 0 Å². The monoisotopic (exact) mass is 470 g/mol.